The number of amides is 1. The number of nitrogens with zero attached hydrogens (tertiary/aromatic N) is 3. The predicted octanol–water partition coefficient (Wildman–Crippen LogP) is 5.23. The summed E-state index contributed by atoms with van der Waals surface area (Å²) in [6.45, 7) is 0.699. The van der Waals surface area contributed by atoms with Gasteiger partial charge < -0.3 is 9.64 Å². The number of hydrogen-bond donors (Lipinski definition) is 0. The van der Waals surface area contributed by atoms with Gasteiger partial charge in [-0.05, 0) is 35.9 Å². The first-order valence-electron chi connectivity index (χ1n) is 8.44. The number of halogens is 3. The highest BCUT2D eigenvalue weighted by Crippen LogP contribution is 2.28. The van der Waals surface area contributed by atoms with Crippen molar-refractivity contribution in [3.05, 3.63) is 80.6 Å². The number of aromatic nitrogens is 2. The van der Waals surface area contributed by atoms with E-state index in [0.717, 1.165) is 11.3 Å². The Balaban J connectivity index is 1.62. The Labute approximate surface area is 178 Å². The van der Waals surface area contributed by atoms with Crippen molar-refractivity contribution in [2.24, 2.45) is 7.05 Å². The van der Waals surface area contributed by atoms with Gasteiger partial charge in [0.1, 0.15) is 12.4 Å². The third-order valence-corrected chi connectivity index (χ3v) is 5.08. The quantitative estimate of drug-likeness (QED) is 0.529. The molecule has 0 atom stereocenters. The van der Waals surface area contributed by atoms with Crippen LogP contribution in [-0.2, 0) is 20.2 Å². The molecule has 1 amide bonds. The molecule has 0 spiro atoms. The van der Waals surface area contributed by atoms with Gasteiger partial charge in [-0.1, -0.05) is 46.9 Å². The number of aryl methyl sites for hydroxylation is 1. The SMILES string of the molecule is CN(Cc1c(Cl)cnn1C)C(=O)c1ccc(COc2ccc(Cl)cc2Cl)cc1. The Morgan fingerprint density at radius 1 is 1.11 bits per heavy atom. The first kappa shape index (κ1) is 20.5. The number of carbonyl (C=O) groups is 1. The topological polar surface area (TPSA) is 47.4 Å². The van der Waals surface area contributed by atoms with Crippen LogP contribution in [0.4, 0.5) is 0 Å². The number of benzene rings is 2. The highest BCUT2D eigenvalue weighted by atomic mass is 35.5. The zero-order valence-corrected chi connectivity index (χ0v) is 17.6. The van der Waals surface area contributed by atoms with Crippen molar-refractivity contribution in [1.82, 2.24) is 14.7 Å². The molecule has 8 heteroatoms. The smallest absolute Gasteiger partial charge is 0.253 e. The molecule has 0 fully saturated rings. The second-order valence-corrected chi connectivity index (χ2v) is 7.54. The highest BCUT2D eigenvalue weighted by molar-refractivity contribution is 6.35. The maximum atomic E-state index is 12.7. The summed E-state index contributed by atoms with van der Waals surface area (Å²) in [6, 6.07) is 12.3. The zero-order valence-electron chi connectivity index (χ0n) is 15.3. The summed E-state index contributed by atoms with van der Waals surface area (Å²) in [6.07, 6.45) is 1.57. The van der Waals surface area contributed by atoms with E-state index in [1.165, 1.54) is 0 Å². The van der Waals surface area contributed by atoms with E-state index >= 15 is 0 Å². The molecule has 28 heavy (non-hydrogen) atoms. The summed E-state index contributed by atoms with van der Waals surface area (Å²) < 4.78 is 7.37. The molecule has 0 unspecified atom stereocenters. The molecule has 0 saturated carbocycles. The number of rotatable bonds is 6. The van der Waals surface area contributed by atoms with Crippen LogP contribution in [0.3, 0.4) is 0 Å². The minimum absolute atomic E-state index is 0.106. The molecule has 1 heterocycles. The molecule has 146 valence electrons. The molecule has 0 saturated heterocycles. The highest BCUT2D eigenvalue weighted by Gasteiger charge is 2.16. The molecule has 2 aromatic carbocycles. The summed E-state index contributed by atoms with van der Waals surface area (Å²) in [5, 5.41) is 5.63. The second-order valence-electron chi connectivity index (χ2n) is 6.28. The average molecular weight is 439 g/mol. The number of ether oxygens (including phenoxy) is 1. The lowest BCUT2D eigenvalue weighted by Crippen LogP contribution is -2.27. The van der Waals surface area contributed by atoms with Gasteiger partial charge in [-0.3, -0.25) is 9.48 Å². The van der Waals surface area contributed by atoms with Crippen molar-refractivity contribution in [3.8, 4) is 5.75 Å². The first-order chi connectivity index (χ1) is 13.3. The third kappa shape index (κ3) is 4.79. The maximum absolute atomic E-state index is 12.7. The first-order valence-corrected chi connectivity index (χ1v) is 9.57. The van der Waals surface area contributed by atoms with Gasteiger partial charge in [0.25, 0.3) is 5.91 Å². The second kappa shape index (κ2) is 8.86. The molecule has 0 bridgehead atoms. The van der Waals surface area contributed by atoms with Crippen molar-refractivity contribution in [3.63, 3.8) is 0 Å². The third-order valence-electron chi connectivity index (χ3n) is 4.23. The van der Waals surface area contributed by atoms with E-state index in [0.29, 0.717) is 39.5 Å². The Kier molecular flexibility index (Phi) is 6.50. The molecule has 5 nitrogen and oxygen atoms in total. The Morgan fingerprint density at radius 2 is 1.82 bits per heavy atom. The molecule has 1 aromatic heterocycles. The van der Waals surface area contributed by atoms with Crippen LogP contribution < -0.4 is 4.74 Å². The lowest BCUT2D eigenvalue weighted by Gasteiger charge is -2.18. The van der Waals surface area contributed by atoms with Crippen molar-refractivity contribution < 1.29 is 9.53 Å². The summed E-state index contributed by atoms with van der Waals surface area (Å²) in [5.74, 6) is 0.449. The predicted molar refractivity (Wildman–Crippen MR) is 111 cm³/mol. The van der Waals surface area contributed by atoms with Gasteiger partial charge in [-0.2, -0.15) is 5.10 Å². The van der Waals surface area contributed by atoms with Crippen molar-refractivity contribution in [1.29, 1.82) is 0 Å². The lowest BCUT2D eigenvalue weighted by atomic mass is 10.1. The Bertz CT molecular complexity index is 967. The van der Waals surface area contributed by atoms with Gasteiger partial charge in [0.2, 0.25) is 0 Å². The van der Waals surface area contributed by atoms with Crippen LogP contribution in [0.1, 0.15) is 21.6 Å². The Hall–Kier alpha value is -2.21. The van der Waals surface area contributed by atoms with Gasteiger partial charge in [-0.25, -0.2) is 0 Å². The van der Waals surface area contributed by atoms with Crippen LogP contribution in [0.15, 0.2) is 48.7 Å². The number of hydrogen-bond acceptors (Lipinski definition) is 3. The summed E-state index contributed by atoms with van der Waals surface area (Å²) >= 11 is 18.1. The molecule has 0 aliphatic carbocycles. The van der Waals surface area contributed by atoms with Gasteiger partial charge in [0, 0.05) is 24.7 Å². The standard InChI is InChI=1S/C20H18Cl3N3O2/c1-25(11-18-17(23)10-24-26(18)2)20(27)14-5-3-13(4-6-14)12-28-19-8-7-15(21)9-16(19)22/h3-10H,11-12H2,1-2H3. The van der Waals surface area contributed by atoms with E-state index in [4.69, 9.17) is 39.5 Å². The lowest BCUT2D eigenvalue weighted by molar-refractivity contribution is 0.0782. The van der Waals surface area contributed by atoms with E-state index in [1.54, 1.807) is 60.2 Å². The normalized spacial score (nSPS) is 10.8. The molecule has 3 aromatic rings. The fourth-order valence-electron chi connectivity index (χ4n) is 2.63. The van der Waals surface area contributed by atoms with Gasteiger partial charge >= 0.3 is 0 Å². The van der Waals surface area contributed by atoms with Crippen molar-refractivity contribution >= 4 is 40.7 Å². The van der Waals surface area contributed by atoms with E-state index < -0.39 is 0 Å². The Morgan fingerprint density at radius 3 is 2.43 bits per heavy atom. The maximum Gasteiger partial charge on any atom is 0.253 e. The molecule has 0 aliphatic heterocycles. The van der Waals surface area contributed by atoms with Crippen LogP contribution in [0.5, 0.6) is 5.75 Å². The molecule has 0 N–H and O–H groups in total. The van der Waals surface area contributed by atoms with Crippen molar-refractivity contribution in [2.75, 3.05) is 7.05 Å². The minimum atomic E-state index is -0.106. The fourth-order valence-corrected chi connectivity index (χ4v) is 3.32. The molecular weight excluding hydrogens is 421 g/mol. The summed E-state index contributed by atoms with van der Waals surface area (Å²) in [4.78, 5) is 14.3. The van der Waals surface area contributed by atoms with E-state index in [-0.39, 0.29) is 5.91 Å². The number of carbonyl (C=O) groups excluding carboxylic acids is 1. The van der Waals surface area contributed by atoms with E-state index in [2.05, 4.69) is 5.10 Å². The minimum Gasteiger partial charge on any atom is -0.487 e. The fraction of sp³-hybridized carbons (Fsp3) is 0.200. The van der Waals surface area contributed by atoms with E-state index in [9.17, 15) is 4.79 Å². The van der Waals surface area contributed by atoms with Crippen LogP contribution in [0.2, 0.25) is 15.1 Å². The average Bonchev–Trinajstić information content (AvgIpc) is 2.99. The van der Waals surface area contributed by atoms with Crippen molar-refractivity contribution in [2.45, 2.75) is 13.2 Å². The van der Waals surface area contributed by atoms with E-state index in [1.807, 2.05) is 12.1 Å². The zero-order chi connectivity index (χ0) is 20.3. The molecular formula is C20H18Cl3N3O2. The van der Waals surface area contributed by atoms with Gasteiger partial charge in [-0.15, -0.1) is 0 Å². The summed E-state index contributed by atoms with van der Waals surface area (Å²) in [7, 11) is 3.52. The molecule has 0 aliphatic rings. The van der Waals surface area contributed by atoms with Crippen LogP contribution in [-0.4, -0.2) is 27.6 Å². The van der Waals surface area contributed by atoms with Crippen LogP contribution in [0.25, 0.3) is 0 Å². The van der Waals surface area contributed by atoms with Crippen LogP contribution in [0, 0.1) is 0 Å². The van der Waals surface area contributed by atoms with Gasteiger partial charge in [0.05, 0.1) is 28.5 Å². The van der Waals surface area contributed by atoms with Gasteiger partial charge in [0.15, 0.2) is 0 Å². The van der Waals surface area contributed by atoms with Crippen LogP contribution >= 0.6 is 34.8 Å². The summed E-state index contributed by atoms with van der Waals surface area (Å²) in [5.41, 5.74) is 2.27. The largest absolute Gasteiger partial charge is 0.487 e. The molecule has 3 rings (SSSR count). The monoisotopic (exact) mass is 437 g/mol. The molecule has 0 radical (unpaired) electrons.